The predicted octanol–water partition coefficient (Wildman–Crippen LogP) is -5.87. The Morgan fingerprint density at radius 1 is 0.443 bits per heavy atom. The summed E-state index contributed by atoms with van der Waals surface area (Å²) in [5.41, 5.74) is -3.77. The van der Waals surface area contributed by atoms with Crippen LogP contribution in [-0.2, 0) is 71.1 Å². The van der Waals surface area contributed by atoms with Crippen LogP contribution in [-0.4, -0.2) is 356 Å². The number of carbonyl (C=O) groups is 1. The zero-order chi connectivity index (χ0) is 77.5. The van der Waals surface area contributed by atoms with Crippen molar-refractivity contribution in [2.45, 2.75) is 348 Å². The van der Waals surface area contributed by atoms with Gasteiger partial charge >= 0.3 is 5.97 Å². The third-order valence-electron chi connectivity index (χ3n) is 27.4. The first kappa shape index (κ1) is 83.3. The Kier molecular flexibility index (Phi) is 24.6. The molecule has 12 aliphatic rings. The first-order valence-corrected chi connectivity index (χ1v) is 37.5. The standard InChI is InChI=1S/C71H116O35/c1-25-38(77)43(82)48(87)59(94-25)104-56-45(84)39(78)26(2)95-63(56)102-54-31(75)23-93-58(51(54)90)101-53-28(4)97-60(50(89)47(53)86)105-57-46(85)40(79)27(3)96-64(57)106-65(92)71-18-17-66(5,6)19-30(71)29-11-12-35-67(7)15-14-37(68(8,24-74)34(67)13-16-69(35,9)70(29,10)20-36(71)76)100-62-52(91)55(42(81)33(22-73)99-62)103-61-49(88)44(83)41(80)32(21-72)98-61/h11,25-28,30-64,72-91H,12-24H2,1-10H3/t25-,26+,27-,28+,30+,31-,32-,33-,34-,35-,36-,37+,38+,39+,40+,41-,42-,43+,44+,45-,46+,47+,48-,49-,50-,51-,52-,53+,54+,55+,56-,57-,58+,59+,60+,61+,62+,63+,64+,67+,68+,69-,70-,71-/m1/s1. The average molecular weight is 1530 g/mol. The van der Waals surface area contributed by atoms with E-state index < -0.39 is 280 Å². The number of ether oxygens (including phenoxy) is 14. The Balaban J connectivity index is 0.732. The quantitative estimate of drug-likeness (QED) is 0.0366. The molecule has 12 rings (SSSR count). The van der Waals surface area contributed by atoms with Gasteiger partial charge in [-0.05, 0) is 125 Å². The molecule has 20 N–H and O–H groups in total. The number of allylic oxidation sites excluding steroid dienone is 2. The SMILES string of the molecule is C[C@@H]1O[C@@H](O[C@@H]2[C@@H](O)[C@H](O[C@@H]3[C@@H](O)[C@@H](O)[C@H](O[C@H]4[C@H](OC(=O)[C@]56CCC(C)(C)C[C@H]5C5=CC[C@@H]7[C@@]8(C)CC[C@H](O[C@@H]9O[C@H](CO)[C@@H](O)[C@H](O[C@@H]%10O[C@H](CO)[C@@H](O)[C@H](O)[C@H]%10O)[C@H]9O)[C@@](C)(CO)[C@@H]8CC[C@@]7(C)[C@]5(C)C[C@H]6O)O[C@H](C)[C@H](O)[C@@H]4O)O[C@H]3C)OC[C@H]2O)[C@H](O[C@@H]2O[C@H](C)[C@H](O)[C@H](O)[C@H]2O)[C@H](O)[C@H]1O. The largest absolute Gasteiger partial charge is 0.432 e. The summed E-state index contributed by atoms with van der Waals surface area (Å²) in [7, 11) is 0. The van der Waals surface area contributed by atoms with Gasteiger partial charge in [0, 0.05) is 5.41 Å². The van der Waals surface area contributed by atoms with Crippen molar-refractivity contribution in [1.82, 2.24) is 0 Å². The molecule has 11 fully saturated rings. The van der Waals surface area contributed by atoms with Crippen molar-refractivity contribution >= 4 is 5.97 Å². The lowest BCUT2D eigenvalue weighted by molar-refractivity contribution is -0.390. The second-order valence-corrected chi connectivity index (χ2v) is 34.1. The van der Waals surface area contributed by atoms with Crippen LogP contribution in [0.25, 0.3) is 0 Å². The Labute approximate surface area is 613 Å². The van der Waals surface area contributed by atoms with E-state index in [1.807, 2.05) is 6.92 Å². The Bertz CT molecular complexity index is 3030. The maximum atomic E-state index is 15.8. The normalized spacial score (nSPS) is 56.2. The molecule has 106 heavy (non-hydrogen) atoms. The topological polar surface area (TPSA) is 551 Å². The van der Waals surface area contributed by atoms with E-state index >= 15 is 4.79 Å². The zero-order valence-electron chi connectivity index (χ0n) is 61.4. The van der Waals surface area contributed by atoms with Crippen LogP contribution in [0.15, 0.2) is 11.6 Å². The number of hydrogen-bond donors (Lipinski definition) is 20. The van der Waals surface area contributed by atoms with Gasteiger partial charge in [0.15, 0.2) is 43.8 Å². The van der Waals surface area contributed by atoms with E-state index in [1.165, 1.54) is 27.7 Å². The molecular formula is C71H116O35. The van der Waals surface area contributed by atoms with E-state index in [4.69, 9.17) is 66.3 Å². The van der Waals surface area contributed by atoms with Crippen molar-refractivity contribution in [3.05, 3.63) is 11.6 Å². The van der Waals surface area contributed by atoms with Gasteiger partial charge < -0.3 is 168 Å². The predicted molar refractivity (Wildman–Crippen MR) is 352 cm³/mol. The number of rotatable bonds is 17. The van der Waals surface area contributed by atoms with Crippen molar-refractivity contribution in [2.75, 3.05) is 26.4 Å². The van der Waals surface area contributed by atoms with Crippen molar-refractivity contribution in [3.63, 3.8) is 0 Å². The van der Waals surface area contributed by atoms with Gasteiger partial charge in [0.2, 0.25) is 6.29 Å². The molecule has 0 radical (unpaired) electrons. The molecule has 44 atom stereocenters. The van der Waals surface area contributed by atoms with Gasteiger partial charge in [-0.2, -0.15) is 0 Å². The molecular weight excluding hydrogens is 1410 g/mol. The lowest BCUT2D eigenvalue weighted by Crippen LogP contribution is -2.69. The molecule has 0 aromatic carbocycles. The third-order valence-corrected chi connectivity index (χ3v) is 27.4. The maximum Gasteiger partial charge on any atom is 0.317 e. The number of carbonyl (C=O) groups excluding carboxylic acids is 1. The molecule has 4 saturated carbocycles. The smallest absolute Gasteiger partial charge is 0.317 e. The lowest BCUT2D eigenvalue weighted by atomic mass is 9.33. The molecule has 0 bridgehead atoms. The lowest BCUT2D eigenvalue weighted by Gasteiger charge is -2.72. The number of hydrogen-bond acceptors (Lipinski definition) is 35. The van der Waals surface area contributed by atoms with Crippen LogP contribution in [0.3, 0.4) is 0 Å². The highest BCUT2D eigenvalue weighted by Gasteiger charge is 2.73. The molecule has 0 aromatic rings. The van der Waals surface area contributed by atoms with Crippen LogP contribution in [0.1, 0.15) is 127 Å². The Hall–Kier alpha value is -2.11. The average Bonchev–Trinajstić information content (AvgIpc) is 0.670. The maximum absolute atomic E-state index is 15.8. The number of esters is 1. The molecule has 35 nitrogen and oxygen atoms in total. The first-order chi connectivity index (χ1) is 49.7. The molecule has 7 heterocycles. The van der Waals surface area contributed by atoms with Crippen molar-refractivity contribution in [2.24, 2.45) is 50.2 Å². The molecule has 0 spiro atoms. The van der Waals surface area contributed by atoms with Gasteiger partial charge in [-0.25, -0.2) is 0 Å². The monoisotopic (exact) mass is 1530 g/mol. The summed E-state index contributed by atoms with van der Waals surface area (Å²) in [6.45, 7) is 15.9. The number of fused-ring (bicyclic) bond motifs is 7. The van der Waals surface area contributed by atoms with Crippen molar-refractivity contribution < 1.29 is 173 Å². The van der Waals surface area contributed by atoms with Crippen LogP contribution in [0.2, 0.25) is 0 Å². The Morgan fingerprint density at radius 2 is 0.925 bits per heavy atom. The summed E-state index contributed by atoms with van der Waals surface area (Å²) < 4.78 is 84.0. The fourth-order valence-electron chi connectivity index (χ4n) is 20.6. The molecule has 610 valence electrons. The third kappa shape index (κ3) is 14.1. The van der Waals surface area contributed by atoms with E-state index in [9.17, 15) is 102 Å². The minimum atomic E-state index is -2.06. The van der Waals surface area contributed by atoms with E-state index in [1.54, 1.807) is 0 Å². The Morgan fingerprint density at radius 3 is 1.53 bits per heavy atom. The number of aliphatic hydroxyl groups excluding tert-OH is 20. The van der Waals surface area contributed by atoms with E-state index in [0.29, 0.717) is 44.9 Å². The molecule has 5 aliphatic carbocycles. The molecule has 0 aromatic heterocycles. The van der Waals surface area contributed by atoms with Gasteiger partial charge in [0.25, 0.3) is 0 Å². The molecule has 0 unspecified atom stereocenters. The van der Waals surface area contributed by atoms with Crippen LogP contribution < -0.4 is 0 Å². The van der Waals surface area contributed by atoms with E-state index in [0.717, 1.165) is 5.57 Å². The fraction of sp³-hybridized carbons (Fsp3) is 0.958. The summed E-state index contributed by atoms with van der Waals surface area (Å²) in [5, 5.41) is 223. The van der Waals surface area contributed by atoms with Crippen LogP contribution >= 0.6 is 0 Å². The minimum Gasteiger partial charge on any atom is -0.432 e. The molecule has 0 amide bonds. The van der Waals surface area contributed by atoms with Crippen molar-refractivity contribution in [3.8, 4) is 0 Å². The van der Waals surface area contributed by atoms with E-state index in [2.05, 4.69) is 40.7 Å². The first-order valence-electron chi connectivity index (χ1n) is 37.5. The summed E-state index contributed by atoms with van der Waals surface area (Å²) in [4.78, 5) is 15.8. The van der Waals surface area contributed by atoms with Gasteiger partial charge in [-0.1, -0.05) is 53.2 Å². The summed E-state index contributed by atoms with van der Waals surface area (Å²) in [6, 6.07) is 0. The summed E-state index contributed by atoms with van der Waals surface area (Å²) >= 11 is 0. The van der Waals surface area contributed by atoms with Gasteiger partial charge in [-0.3, -0.25) is 4.79 Å². The highest BCUT2D eigenvalue weighted by molar-refractivity contribution is 5.80. The van der Waals surface area contributed by atoms with Gasteiger partial charge in [-0.15, -0.1) is 0 Å². The highest BCUT2D eigenvalue weighted by atomic mass is 16.8. The van der Waals surface area contributed by atoms with Gasteiger partial charge in [0.1, 0.15) is 140 Å². The number of aliphatic hydroxyl groups is 20. The molecule has 35 heteroatoms. The zero-order valence-corrected chi connectivity index (χ0v) is 61.4. The van der Waals surface area contributed by atoms with Crippen LogP contribution in [0.4, 0.5) is 0 Å². The second-order valence-electron chi connectivity index (χ2n) is 34.1. The second kappa shape index (κ2) is 31.2. The fourth-order valence-corrected chi connectivity index (χ4v) is 20.6. The van der Waals surface area contributed by atoms with Crippen molar-refractivity contribution in [1.29, 1.82) is 0 Å². The van der Waals surface area contributed by atoms with Crippen LogP contribution in [0.5, 0.6) is 0 Å². The molecule has 7 aliphatic heterocycles. The minimum absolute atomic E-state index is 0.0734. The summed E-state index contributed by atoms with van der Waals surface area (Å²) in [6.07, 6.45) is -52.9. The van der Waals surface area contributed by atoms with Crippen LogP contribution in [0, 0.1) is 50.2 Å². The highest BCUT2D eigenvalue weighted by Crippen LogP contribution is 2.76. The van der Waals surface area contributed by atoms with E-state index in [-0.39, 0.29) is 36.7 Å². The molecule has 7 saturated heterocycles. The summed E-state index contributed by atoms with van der Waals surface area (Å²) in [5.74, 6) is -1.78. The van der Waals surface area contributed by atoms with Gasteiger partial charge in [0.05, 0.1) is 63.1 Å².